The molecule has 618 valence electrons. The third-order valence-corrected chi connectivity index (χ3v) is 19.4. The Labute approximate surface area is 664 Å². The van der Waals surface area contributed by atoms with Gasteiger partial charge in [0.15, 0.2) is 105 Å². The van der Waals surface area contributed by atoms with Gasteiger partial charge in [0.1, 0.15) is 110 Å². The molecule has 5 aliphatic heterocycles. The minimum Gasteiger partial charge on any atom is -0.508 e. The van der Waals surface area contributed by atoms with Crippen molar-refractivity contribution < 1.29 is 177 Å². The van der Waals surface area contributed by atoms with Crippen LogP contribution in [0.2, 0.25) is 0 Å². The smallest absolute Gasteiger partial charge is 0.200 e. The van der Waals surface area contributed by atoms with Gasteiger partial charge in [-0.25, -0.2) is 0 Å². The van der Waals surface area contributed by atoms with Gasteiger partial charge in [-0.05, 0) is 83.9 Å². The first-order valence-electron chi connectivity index (χ1n) is 35.2. The lowest BCUT2D eigenvalue weighted by Crippen LogP contribution is -2.32. The monoisotopic (exact) mass is 1630 g/mol. The Balaban J connectivity index is 0.000000137. The van der Waals surface area contributed by atoms with E-state index in [4.69, 9.17) is 28.4 Å². The largest absolute Gasteiger partial charge is 0.508 e. The Hall–Kier alpha value is -15.2. The first-order chi connectivity index (χ1) is 55.8. The van der Waals surface area contributed by atoms with Crippen molar-refractivity contribution >= 4 is 5.76 Å². The van der Waals surface area contributed by atoms with Crippen LogP contribution in [0.25, 0.3) is 5.76 Å². The summed E-state index contributed by atoms with van der Waals surface area (Å²) in [6, 6.07) is 31.8. The number of ether oxygens (including phenoxy) is 6. The van der Waals surface area contributed by atoms with Gasteiger partial charge in [-0.3, -0.25) is 0 Å². The number of fused-ring (bicyclic) bond motifs is 5. The Morgan fingerprint density at radius 1 is 0.237 bits per heavy atom. The molecule has 11 aromatic rings. The molecular weight excluding hydrogens is 1560 g/mol. The van der Waals surface area contributed by atoms with Gasteiger partial charge in [-0.15, -0.1) is 0 Å². The number of benzene rings is 11. The van der Waals surface area contributed by atoms with Crippen LogP contribution in [0.15, 0.2) is 158 Å². The van der Waals surface area contributed by atoms with Gasteiger partial charge in [0.25, 0.3) is 0 Å². The van der Waals surface area contributed by atoms with Crippen molar-refractivity contribution in [2.75, 3.05) is 0 Å². The number of rotatable bonds is 8. The fourth-order valence-electron chi connectivity index (χ4n) is 13.6. The lowest BCUT2D eigenvalue weighted by molar-refractivity contribution is 0.0195. The van der Waals surface area contributed by atoms with Gasteiger partial charge >= 0.3 is 0 Å². The molecule has 0 radical (unpaired) electrons. The molecule has 0 saturated carbocycles. The van der Waals surface area contributed by atoms with Crippen LogP contribution in [0.5, 0.6) is 172 Å². The summed E-state index contributed by atoms with van der Waals surface area (Å²) in [7, 11) is 0. The molecule has 0 amide bonds. The molecule has 35 nitrogen and oxygen atoms in total. The summed E-state index contributed by atoms with van der Waals surface area (Å²) in [5, 5.41) is 281. The van der Waals surface area contributed by atoms with Crippen molar-refractivity contribution in [2.45, 2.75) is 93.1 Å². The molecule has 0 bridgehead atoms. The number of aliphatic hydroxyl groups is 4. The molecular formula is C83H76O35. The van der Waals surface area contributed by atoms with Gasteiger partial charge in [-0.2, -0.15) is 0 Å². The number of phenols is 25. The Bertz CT molecular complexity index is 5350. The van der Waals surface area contributed by atoms with Crippen molar-refractivity contribution in [1.29, 1.82) is 0 Å². The zero-order chi connectivity index (χ0) is 85.5. The van der Waals surface area contributed by atoms with Crippen LogP contribution in [-0.4, -0.2) is 179 Å². The van der Waals surface area contributed by atoms with E-state index in [2.05, 4.69) is 6.58 Å². The molecule has 0 unspecified atom stereocenters. The second kappa shape index (κ2) is 33.1. The fourth-order valence-corrected chi connectivity index (χ4v) is 13.6. The van der Waals surface area contributed by atoms with Crippen molar-refractivity contribution in [3.8, 4) is 172 Å². The van der Waals surface area contributed by atoms with Crippen LogP contribution in [0, 0.1) is 0 Å². The lowest BCUT2D eigenvalue weighted by atomic mass is 9.93. The topological polar surface area (TPSA) is 642 Å². The third kappa shape index (κ3) is 17.5. The predicted octanol–water partition coefficient (Wildman–Crippen LogP) is 8.95. The molecule has 11 aromatic carbocycles. The molecule has 0 saturated heterocycles. The van der Waals surface area contributed by atoms with Crippen LogP contribution in [-0.2, 0) is 36.8 Å². The quantitative estimate of drug-likeness (QED) is 0.0498. The van der Waals surface area contributed by atoms with E-state index in [-0.39, 0.29) is 175 Å². The van der Waals surface area contributed by atoms with Gasteiger partial charge < -0.3 is 177 Å². The van der Waals surface area contributed by atoms with Gasteiger partial charge in [0.05, 0.1) is 24.4 Å². The zero-order valence-electron chi connectivity index (χ0n) is 60.9. The average molecular weight is 1630 g/mol. The van der Waals surface area contributed by atoms with E-state index in [9.17, 15) is 148 Å². The predicted molar refractivity (Wildman–Crippen MR) is 406 cm³/mol. The summed E-state index contributed by atoms with van der Waals surface area (Å²) in [4.78, 5) is 0. The lowest BCUT2D eigenvalue weighted by Gasteiger charge is -2.35. The highest BCUT2D eigenvalue weighted by Crippen LogP contribution is 2.52. The van der Waals surface area contributed by atoms with E-state index in [1.807, 2.05) is 0 Å². The summed E-state index contributed by atoms with van der Waals surface area (Å²) in [6.45, 7) is 3.81. The highest BCUT2D eigenvalue weighted by atomic mass is 16.6. The zero-order valence-corrected chi connectivity index (χ0v) is 60.9. The van der Waals surface area contributed by atoms with Crippen molar-refractivity contribution in [2.24, 2.45) is 0 Å². The molecule has 29 N–H and O–H groups in total. The summed E-state index contributed by atoms with van der Waals surface area (Å²) in [5.41, 5.74) is 3.98. The highest BCUT2D eigenvalue weighted by Gasteiger charge is 2.40. The van der Waals surface area contributed by atoms with Crippen LogP contribution in [0.1, 0.15) is 91.7 Å². The van der Waals surface area contributed by atoms with E-state index in [0.29, 0.717) is 44.5 Å². The summed E-state index contributed by atoms with van der Waals surface area (Å²) in [5.74, 6) is -7.74. The minimum absolute atomic E-state index is 0.0268. The van der Waals surface area contributed by atoms with E-state index >= 15 is 0 Å². The second-order valence-electron chi connectivity index (χ2n) is 27.7. The summed E-state index contributed by atoms with van der Waals surface area (Å²) in [6.07, 6.45) is -8.52. The molecule has 0 spiro atoms. The van der Waals surface area contributed by atoms with E-state index in [1.54, 1.807) is 0 Å². The minimum atomic E-state index is -1.05. The Morgan fingerprint density at radius 2 is 0.458 bits per heavy atom. The van der Waals surface area contributed by atoms with E-state index < -0.39 is 113 Å². The number of hydrogen-bond donors (Lipinski definition) is 29. The normalized spacial score (nSPS) is 19.6. The van der Waals surface area contributed by atoms with Crippen molar-refractivity contribution in [1.82, 2.24) is 0 Å². The summed E-state index contributed by atoms with van der Waals surface area (Å²) < 4.78 is 34.3. The average Bonchev–Trinajstić information content (AvgIpc) is 0.787. The SMILES string of the molecule is C=C(O[C@@H]1Cc2c(O)cc(O)cc2O[C@@H]1c1ccc(O)c(O)c1)c1cc(O)c(O)c(O)c1.Oc1cc(O)c2c(c1)O[C@H](c1cc(O)c(O)c(O)c1)[C@@H](O)C2.Oc1cc(O)c2c(c1)O[C@H](c1cc(O)c(O)c(O)c1)[C@H](O)C2.Oc1cc(O)c2c(c1)O[C@H](c1ccc(O)c(O)c1)[C@@H](O)C2.Oc1cc(O)c2c(c1)O[C@H](c1ccc(O)c(O)c1)[C@H](O)C2. The molecule has 0 fully saturated rings. The highest BCUT2D eigenvalue weighted by molar-refractivity contribution is 5.66. The molecule has 16 rings (SSSR count). The van der Waals surface area contributed by atoms with Crippen LogP contribution in [0.3, 0.4) is 0 Å². The molecule has 10 atom stereocenters. The third-order valence-electron chi connectivity index (χ3n) is 19.4. The van der Waals surface area contributed by atoms with Crippen molar-refractivity contribution in [3.63, 3.8) is 0 Å². The number of aliphatic hydroxyl groups excluding tert-OH is 4. The maximum Gasteiger partial charge on any atom is 0.200 e. The van der Waals surface area contributed by atoms with Gasteiger partial charge in [0.2, 0.25) is 0 Å². The standard InChI is InChI=1S/C23H20O9.2C15H14O7.2C15H14O6/c1-10(12-5-18(28)22(30)19(29)6-12)31-21-9-14-16(26)7-13(24)8-20(14)32-23(21)11-2-3-15(25)17(27)4-11;2*16-7-3-9(17)8-5-12(20)15(22-13(8)4-7)6-1-10(18)14(21)11(19)2-6;2*16-8-4-11(18)9-6-13(20)15(21-14(9)5-8)7-1-2-10(17)12(19)3-7/h2-8,21,23-30H,1,9H2;2*1-4,12,15-21H,5H2;2*1-5,13,15-20H,6H2/t21-,23-;12-,15+;12-,15-;13-,15+;13-,15-/m10101/s1. The molecule has 118 heavy (non-hydrogen) atoms. The van der Waals surface area contributed by atoms with Crippen LogP contribution >= 0.6 is 0 Å². The fraction of sp³-hybridized carbons (Fsp3) is 0.181. The molecule has 5 aliphatic rings. The van der Waals surface area contributed by atoms with E-state index in [0.717, 1.165) is 54.6 Å². The first kappa shape index (κ1) is 82.3. The Morgan fingerprint density at radius 3 is 0.720 bits per heavy atom. The molecule has 0 aliphatic carbocycles. The number of phenolic OH excluding ortho intramolecular Hbond substituents is 25. The van der Waals surface area contributed by atoms with Crippen molar-refractivity contribution in [3.05, 3.63) is 219 Å². The number of aromatic hydroxyl groups is 25. The second-order valence-corrected chi connectivity index (χ2v) is 27.7. The molecule has 0 aromatic heterocycles. The molecule has 5 heterocycles. The maximum atomic E-state index is 10.3. The summed E-state index contributed by atoms with van der Waals surface area (Å²) >= 11 is 0. The van der Waals surface area contributed by atoms with Gasteiger partial charge in [-0.1, -0.05) is 24.8 Å². The number of hydrogen-bond acceptors (Lipinski definition) is 35. The molecule has 35 heteroatoms. The Kier molecular flexibility index (Phi) is 23.1. The first-order valence-corrected chi connectivity index (χ1v) is 35.2. The van der Waals surface area contributed by atoms with E-state index in [1.165, 1.54) is 97.1 Å². The van der Waals surface area contributed by atoms with Crippen LogP contribution in [0.4, 0.5) is 0 Å². The maximum absolute atomic E-state index is 10.3. The van der Waals surface area contributed by atoms with Crippen LogP contribution < -0.4 is 23.7 Å². The van der Waals surface area contributed by atoms with Gasteiger partial charge in [0, 0.05) is 143 Å².